The lowest BCUT2D eigenvalue weighted by Crippen LogP contribution is -2.12. The zero-order valence-corrected chi connectivity index (χ0v) is 10.5. The second kappa shape index (κ2) is 5.78. The van der Waals surface area contributed by atoms with Gasteiger partial charge in [0.25, 0.3) is 0 Å². The van der Waals surface area contributed by atoms with E-state index in [0.29, 0.717) is 13.1 Å². The topological polar surface area (TPSA) is 87.4 Å². The van der Waals surface area contributed by atoms with Gasteiger partial charge in [0.2, 0.25) is 5.16 Å². The van der Waals surface area contributed by atoms with Crippen molar-refractivity contribution >= 4 is 11.8 Å². The number of tetrazole rings is 1. The van der Waals surface area contributed by atoms with E-state index in [1.807, 2.05) is 12.5 Å². The van der Waals surface area contributed by atoms with E-state index in [1.54, 1.807) is 16.4 Å². The van der Waals surface area contributed by atoms with E-state index in [1.165, 1.54) is 5.69 Å². The Morgan fingerprint density at radius 1 is 1.47 bits per heavy atom. The molecule has 2 N–H and O–H groups in total. The summed E-state index contributed by atoms with van der Waals surface area (Å²) >= 11 is 1.59. The minimum atomic E-state index is 0.533. The standard InChI is InChI=1S/C9H15N7S/c1-2-15-7-11-5-8(15)6-17-9-12-13-14-16(9)4-3-10/h5,7H,2-4,6,10H2,1H3. The predicted molar refractivity (Wildman–Crippen MR) is 64.3 cm³/mol. The van der Waals surface area contributed by atoms with Crippen LogP contribution in [-0.4, -0.2) is 36.3 Å². The predicted octanol–water partition coefficient (Wildman–Crippen LogP) is 0.140. The highest BCUT2D eigenvalue weighted by atomic mass is 32.2. The van der Waals surface area contributed by atoms with Gasteiger partial charge in [-0.05, 0) is 17.4 Å². The first-order valence-electron chi connectivity index (χ1n) is 5.43. The Hall–Kier alpha value is -1.41. The molecule has 0 bridgehead atoms. The summed E-state index contributed by atoms with van der Waals surface area (Å²) in [6.07, 6.45) is 3.70. The van der Waals surface area contributed by atoms with Gasteiger partial charge in [0.1, 0.15) is 0 Å². The van der Waals surface area contributed by atoms with Crippen molar-refractivity contribution < 1.29 is 0 Å². The summed E-state index contributed by atoms with van der Waals surface area (Å²) in [5.41, 5.74) is 6.65. The van der Waals surface area contributed by atoms with Crippen LogP contribution in [0.1, 0.15) is 12.6 Å². The molecular weight excluding hydrogens is 238 g/mol. The number of hydrogen-bond acceptors (Lipinski definition) is 6. The van der Waals surface area contributed by atoms with Crippen molar-refractivity contribution in [2.75, 3.05) is 6.54 Å². The molecule has 0 spiro atoms. The molecule has 2 heterocycles. The molecule has 0 amide bonds. The second-order valence-corrected chi connectivity index (χ2v) is 4.38. The van der Waals surface area contributed by atoms with Gasteiger partial charge >= 0.3 is 0 Å². The molecule has 2 aromatic heterocycles. The largest absolute Gasteiger partial charge is 0.334 e. The summed E-state index contributed by atoms with van der Waals surface area (Å²) < 4.78 is 3.82. The first kappa shape index (κ1) is 12.1. The van der Waals surface area contributed by atoms with Crippen LogP contribution in [0.25, 0.3) is 0 Å². The number of aromatic nitrogens is 6. The maximum absolute atomic E-state index is 5.49. The fourth-order valence-electron chi connectivity index (χ4n) is 1.45. The number of imidazole rings is 1. The summed E-state index contributed by atoms with van der Waals surface area (Å²) in [6.45, 7) is 4.19. The molecule has 2 rings (SSSR count). The SMILES string of the molecule is CCn1cncc1CSc1nnnn1CCN. The molecule has 0 saturated heterocycles. The lowest BCUT2D eigenvalue weighted by molar-refractivity contribution is 0.556. The summed E-state index contributed by atoms with van der Waals surface area (Å²) in [5.74, 6) is 0.804. The van der Waals surface area contributed by atoms with Crippen LogP contribution in [-0.2, 0) is 18.8 Å². The van der Waals surface area contributed by atoms with E-state index in [4.69, 9.17) is 5.73 Å². The number of nitrogens with zero attached hydrogens (tertiary/aromatic N) is 6. The molecule has 0 radical (unpaired) electrons. The highest BCUT2D eigenvalue weighted by Crippen LogP contribution is 2.19. The Morgan fingerprint density at radius 2 is 2.35 bits per heavy atom. The lowest BCUT2D eigenvalue weighted by atomic mass is 10.5. The lowest BCUT2D eigenvalue weighted by Gasteiger charge is -2.04. The van der Waals surface area contributed by atoms with Crippen LogP contribution in [0.15, 0.2) is 17.7 Å². The van der Waals surface area contributed by atoms with Gasteiger partial charge in [-0.25, -0.2) is 9.67 Å². The smallest absolute Gasteiger partial charge is 0.209 e. The van der Waals surface area contributed by atoms with E-state index in [9.17, 15) is 0 Å². The Bertz CT molecular complexity index is 463. The maximum atomic E-state index is 5.49. The first-order valence-corrected chi connectivity index (χ1v) is 6.41. The molecule has 0 aromatic carbocycles. The van der Waals surface area contributed by atoms with Gasteiger partial charge in [-0.15, -0.1) is 5.10 Å². The van der Waals surface area contributed by atoms with Crippen molar-refractivity contribution in [3.8, 4) is 0 Å². The fourth-order valence-corrected chi connectivity index (χ4v) is 2.34. The summed E-state index contributed by atoms with van der Waals surface area (Å²) in [5, 5.41) is 12.3. The number of aryl methyl sites for hydroxylation is 1. The van der Waals surface area contributed by atoms with Crippen LogP contribution in [0.2, 0.25) is 0 Å². The second-order valence-electron chi connectivity index (χ2n) is 3.43. The molecule has 0 aliphatic rings. The van der Waals surface area contributed by atoms with Crippen molar-refractivity contribution in [1.29, 1.82) is 0 Å². The molecule has 0 saturated carbocycles. The summed E-state index contributed by atoms with van der Waals surface area (Å²) in [7, 11) is 0. The number of thioether (sulfide) groups is 1. The number of nitrogens with two attached hydrogens (primary N) is 1. The minimum Gasteiger partial charge on any atom is -0.334 e. The van der Waals surface area contributed by atoms with Crippen LogP contribution >= 0.6 is 11.8 Å². The molecule has 0 fully saturated rings. The van der Waals surface area contributed by atoms with Crippen molar-refractivity contribution in [3.05, 3.63) is 18.2 Å². The van der Waals surface area contributed by atoms with Gasteiger partial charge in [0, 0.05) is 30.7 Å². The van der Waals surface area contributed by atoms with Gasteiger partial charge < -0.3 is 10.3 Å². The highest BCUT2D eigenvalue weighted by Gasteiger charge is 2.08. The molecule has 92 valence electrons. The molecule has 8 heteroatoms. The van der Waals surface area contributed by atoms with E-state index in [0.717, 1.165) is 17.5 Å². The summed E-state index contributed by atoms with van der Waals surface area (Å²) in [4.78, 5) is 4.12. The third-order valence-corrected chi connectivity index (χ3v) is 3.32. The van der Waals surface area contributed by atoms with E-state index >= 15 is 0 Å². The van der Waals surface area contributed by atoms with Crippen molar-refractivity contribution in [3.63, 3.8) is 0 Å². The van der Waals surface area contributed by atoms with Crippen LogP contribution in [0.5, 0.6) is 0 Å². The van der Waals surface area contributed by atoms with E-state index < -0.39 is 0 Å². The average Bonchev–Trinajstić information content (AvgIpc) is 2.95. The van der Waals surface area contributed by atoms with Crippen molar-refractivity contribution in [2.24, 2.45) is 5.73 Å². The summed E-state index contributed by atoms with van der Waals surface area (Å²) in [6, 6.07) is 0. The van der Waals surface area contributed by atoms with Crippen LogP contribution < -0.4 is 5.73 Å². The zero-order chi connectivity index (χ0) is 12.1. The Kier molecular flexibility index (Phi) is 4.10. The van der Waals surface area contributed by atoms with Crippen molar-refractivity contribution in [2.45, 2.75) is 30.9 Å². The first-order chi connectivity index (χ1) is 8.35. The Labute approximate surface area is 103 Å². The number of hydrogen-bond donors (Lipinski definition) is 1. The third kappa shape index (κ3) is 2.83. The normalized spacial score (nSPS) is 10.9. The van der Waals surface area contributed by atoms with E-state index in [2.05, 4.69) is 32.0 Å². The molecule has 0 aliphatic carbocycles. The van der Waals surface area contributed by atoms with Crippen LogP contribution in [0.3, 0.4) is 0 Å². The molecular formula is C9H15N7S. The molecule has 17 heavy (non-hydrogen) atoms. The quantitative estimate of drug-likeness (QED) is 0.737. The monoisotopic (exact) mass is 253 g/mol. The van der Waals surface area contributed by atoms with Crippen molar-refractivity contribution in [1.82, 2.24) is 29.8 Å². The Balaban J connectivity index is 1.99. The fraction of sp³-hybridized carbons (Fsp3) is 0.556. The zero-order valence-electron chi connectivity index (χ0n) is 9.65. The molecule has 0 atom stereocenters. The van der Waals surface area contributed by atoms with Crippen LogP contribution in [0.4, 0.5) is 0 Å². The average molecular weight is 253 g/mol. The third-order valence-electron chi connectivity index (χ3n) is 2.33. The minimum absolute atomic E-state index is 0.533. The molecule has 0 unspecified atom stereocenters. The van der Waals surface area contributed by atoms with Gasteiger partial charge in [0.15, 0.2) is 0 Å². The van der Waals surface area contributed by atoms with Crippen LogP contribution in [0, 0.1) is 0 Å². The highest BCUT2D eigenvalue weighted by molar-refractivity contribution is 7.98. The van der Waals surface area contributed by atoms with Gasteiger partial charge in [-0.2, -0.15) is 0 Å². The maximum Gasteiger partial charge on any atom is 0.209 e. The number of rotatable bonds is 6. The molecule has 7 nitrogen and oxygen atoms in total. The Morgan fingerprint density at radius 3 is 3.12 bits per heavy atom. The molecule has 2 aromatic rings. The van der Waals surface area contributed by atoms with Gasteiger partial charge in [-0.1, -0.05) is 11.8 Å². The van der Waals surface area contributed by atoms with Gasteiger partial charge in [0.05, 0.1) is 12.9 Å². The molecule has 0 aliphatic heterocycles. The van der Waals surface area contributed by atoms with E-state index in [-0.39, 0.29) is 0 Å². The van der Waals surface area contributed by atoms with Gasteiger partial charge in [-0.3, -0.25) is 0 Å².